The summed E-state index contributed by atoms with van der Waals surface area (Å²) in [6.45, 7) is 2.06. The lowest BCUT2D eigenvalue weighted by molar-refractivity contribution is 0.111. The van der Waals surface area contributed by atoms with Gasteiger partial charge in [-0.05, 0) is 12.5 Å². The minimum atomic E-state index is 0.477. The molecule has 3 aromatic rings. The number of fused-ring (bicyclic) bond motifs is 1. The van der Waals surface area contributed by atoms with E-state index in [9.17, 15) is 4.79 Å². The second kappa shape index (κ2) is 3.82. The molecule has 0 atom stereocenters. The van der Waals surface area contributed by atoms with Crippen LogP contribution in [0.2, 0.25) is 0 Å². The number of benzene rings is 1. The fourth-order valence-corrected chi connectivity index (χ4v) is 2.68. The van der Waals surface area contributed by atoms with Gasteiger partial charge in [0, 0.05) is 11.6 Å². The standard InChI is InChI=1S/C13H10N2OS/c1-9-2-4-10(5-3-9)12-8-17-13-14-11(7-16)6-15(12)13/h2-8H,1H3. The molecule has 0 amide bonds. The van der Waals surface area contributed by atoms with E-state index in [1.807, 2.05) is 4.40 Å². The lowest BCUT2D eigenvalue weighted by atomic mass is 10.1. The predicted octanol–water partition coefficient (Wildman–Crippen LogP) is 3.18. The number of aldehydes is 1. The molecule has 0 aliphatic rings. The van der Waals surface area contributed by atoms with Gasteiger partial charge in [-0.1, -0.05) is 29.8 Å². The van der Waals surface area contributed by atoms with Gasteiger partial charge in [0.25, 0.3) is 0 Å². The molecule has 3 nitrogen and oxygen atoms in total. The maximum atomic E-state index is 10.7. The summed E-state index contributed by atoms with van der Waals surface area (Å²) in [5.74, 6) is 0. The first kappa shape index (κ1) is 10.2. The summed E-state index contributed by atoms with van der Waals surface area (Å²) in [7, 11) is 0. The van der Waals surface area contributed by atoms with E-state index in [1.165, 1.54) is 5.56 Å². The molecule has 0 fully saturated rings. The van der Waals surface area contributed by atoms with Gasteiger partial charge in [-0.2, -0.15) is 0 Å². The molecule has 84 valence electrons. The SMILES string of the molecule is Cc1ccc(-c2csc3nc(C=O)cn23)cc1. The van der Waals surface area contributed by atoms with E-state index in [4.69, 9.17) is 0 Å². The highest BCUT2D eigenvalue weighted by atomic mass is 32.1. The molecule has 0 aliphatic heterocycles. The maximum absolute atomic E-state index is 10.7. The zero-order valence-corrected chi connectivity index (χ0v) is 10.1. The van der Waals surface area contributed by atoms with Crippen molar-refractivity contribution in [2.45, 2.75) is 6.92 Å². The molecule has 2 aromatic heterocycles. The Hall–Kier alpha value is -1.94. The van der Waals surface area contributed by atoms with Gasteiger partial charge in [-0.15, -0.1) is 11.3 Å². The molecule has 0 spiro atoms. The number of carbonyl (C=O) groups is 1. The van der Waals surface area contributed by atoms with Crippen LogP contribution in [0.3, 0.4) is 0 Å². The summed E-state index contributed by atoms with van der Waals surface area (Å²) in [4.78, 5) is 15.8. The Morgan fingerprint density at radius 2 is 2.06 bits per heavy atom. The second-order valence-electron chi connectivity index (χ2n) is 3.92. The first-order valence-corrected chi connectivity index (χ1v) is 6.15. The molecule has 0 saturated heterocycles. The Kier molecular flexibility index (Phi) is 2.30. The monoisotopic (exact) mass is 242 g/mol. The van der Waals surface area contributed by atoms with Gasteiger partial charge in [-0.25, -0.2) is 4.98 Å². The summed E-state index contributed by atoms with van der Waals surface area (Å²) in [6.07, 6.45) is 2.55. The van der Waals surface area contributed by atoms with Crippen LogP contribution in [-0.2, 0) is 0 Å². The molecule has 0 saturated carbocycles. The summed E-state index contributed by atoms with van der Waals surface area (Å²) in [6, 6.07) is 8.32. The highest BCUT2D eigenvalue weighted by Crippen LogP contribution is 2.26. The average Bonchev–Trinajstić information content (AvgIpc) is 2.89. The van der Waals surface area contributed by atoms with Crippen LogP contribution in [0.5, 0.6) is 0 Å². The first-order chi connectivity index (χ1) is 8.28. The van der Waals surface area contributed by atoms with Gasteiger partial charge < -0.3 is 0 Å². The molecule has 1 aromatic carbocycles. The highest BCUT2D eigenvalue weighted by Gasteiger charge is 2.08. The van der Waals surface area contributed by atoms with Crippen LogP contribution >= 0.6 is 11.3 Å². The lowest BCUT2D eigenvalue weighted by Crippen LogP contribution is -1.84. The van der Waals surface area contributed by atoms with Gasteiger partial charge >= 0.3 is 0 Å². The number of carbonyl (C=O) groups excluding carboxylic acids is 1. The Morgan fingerprint density at radius 3 is 2.76 bits per heavy atom. The molecule has 0 bridgehead atoms. The molecule has 0 radical (unpaired) electrons. The number of rotatable bonds is 2. The van der Waals surface area contributed by atoms with E-state index in [0.717, 1.165) is 22.5 Å². The van der Waals surface area contributed by atoms with Crippen molar-refractivity contribution in [3.05, 3.63) is 47.1 Å². The van der Waals surface area contributed by atoms with Crippen LogP contribution < -0.4 is 0 Å². The maximum Gasteiger partial charge on any atom is 0.194 e. The number of imidazole rings is 1. The Balaban J connectivity index is 2.19. The third-order valence-electron chi connectivity index (χ3n) is 2.70. The molecule has 0 N–H and O–H groups in total. The number of thiazole rings is 1. The van der Waals surface area contributed by atoms with Gasteiger partial charge in [0.15, 0.2) is 11.2 Å². The van der Waals surface area contributed by atoms with Crippen molar-refractivity contribution < 1.29 is 4.79 Å². The van der Waals surface area contributed by atoms with Crippen LogP contribution in [0, 0.1) is 6.92 Å². The number of nitrogens with zero attached hydrogens (tertiary/aromatic N) is 2. The van der Waals surface area contributed by atoms with Gasteiger partial charge in [0.05, 0.1) is 5.69 Å². The third-order valence-corrected chi connectivity index (χ3v) is 3.54. The van der Waals surface area contributed by atoms with Crippen molar-refractivity contribution in [3.63, 3.8) is 0 Å². The third kappa shape index (κ3) is 1.66. The predicted molar refractivity (Wildman–Crippen MR) is 68.6 cm³/mol. The summed E-state index contributed by atoms with van der Waals surface area (Å²) < 4.78 is 1.96. The second-order valence-corrected chi connectivity index (χ2v) is 4.76. The summed E-state index contributed by atoms with van der Waals surface area (Å²) >= 11 is 1.54. The van der Waals surface area contributed by atoms with Crippen LogP contribution in [0.4, 0.5) is 0 Å². The molecular weight excluding hydrogens is 232 g/mol. The average molecular weight is 242 g/mol. The van der Waals surface area contributed by atoms with E-state index in [1.54, 1.807) is 17.5 Å². The van der Waals surface area contributed by atoms with E-state index >= 15 is 0 Å². The van der Waals surface area contributed by atoms with E-state index in [-0.39, 0.29) is 0 Å². The Bertz CT molecular complexity index is 679. The molecule has 0 aliphatic carbocycles. The van der Waals surface area contributed by atoms with E-state index in [2.05, 4.69) is 41.6 Å². The van der Waals surface area contributed by atoms with Crippen molar-refractivity contribution in [1.29, 1.82) is 0 Å². The minimum Gasteiger partial charge on any atom is -0.296 e. The van der Waals surface area contributed by atoms with Crippen molar-refractivity contribution in [2.75, 3.05) is 0 Å². The van der Waals surface area contributed by atoms with Crippen LogP contribution in [0.25, 0.3) is 16.2 Å². The van der Waals surface area contributed by atoms with Crippen LogP contribution in [0.1, 0.15) is 16.1 Å². The number of aromatic nitrogens is 2. The topological polar surface area (TPSA) is 34.4 Å². The molecule has 0 unspecified atom stereocenters. The molecule has 3 rings (SSSR count). The number of hydrogen-bond acceptors (Lipinski definition) is 3. The van der Waals surface area contributed by atoms with Crippen LogP contribution in [-0.4, -0.2) is 15.7 Å². The Morgan fingerprint density at radius 1 is 1.29 bits per heavy atom. The summed E-state index contributed by atoms with van der Waals surface area (Å²) in [5, 5.41) is 2.06. The molecule has 2 heterocycles. The van der Waals surface area contributed by atoms with E-state index < -0.39 is 0 Å². The quantitative estimate of drug-likeness (QED) is 0.647. The van der Waals surface area contributed by atoms with Crippen molar-refractivity contribution in [2.24, 2.45) is 0 Å². The fourth-order valence-electron chi connectivity index (χ4n) is 1.79. The van der Waals surface area contributed by atoms with Crippen LogP contribution in [0.15, 0.2) is 35.8 Å². The Labute approximate surface area is 102 Å². The number of aryl methyl sites for hydroxylation is 1. The smallest absolute Gasteiger partial charge is 0.194 e. The minimum absolute atomic E-state index is 0.477. The normalized spacial score (nSPS) is 10.9. The van der Waals surface area contributed by atoms with Gasteiger partial charge in [0.2, 0.25) is 0 Å². The zero-order chi connectivity index (χ0) is 11.8. The van der Waals surface area contributed by atoms with Gasteiger partial charge in [0.1, 0.15) is 5.69 Å². The molecule has 17 heavy (non-hydrogen) atoms. The largest absolute Gasteiger partial charge is 0.296 e. The van der Waals surface area contributed by atoms with Crippen molar-refractivity contribution in [1.82, 2.24) is 9.38 Å². The first-order valence-electron chi connectivity index (χ1n) is 5.27. The summed E-state index contributed by atoms with van der Waals surface area (Å²) in [5.41, 5.74) is 3.92. The fraction of sp³-hybridized carbons (Fsp3) is 0.0769. The zero-order valence-electron chi connectivity index (χ0n) is 9.25. The number of hydrogen-bond donors (Lipinski definition) is 0. The lowest BCUT2D eigenvalue weighted by Gasteiger charge is -1.99. The molecule has 4 heteroatoms. The van der Waals surface area contributed by atoms with Crippen molar-refractivity contribution in [3.8, 4) is 11.3 Å². The highest BCUT2D eigenvalue weighted by molar-refractivity contribution is 7.15. The van der Waals surface area contributed by atoms with E-state index in [0.29, 0.717) is 5.69 Å². The van der Waals surface area contributed by atoms with Gasteiger partial charge in [-0.3, -0.25) is 9.20 Å². The molecular formula is C13H10N2OS. The van der Waals surface area contributed by atoms with Crippen molar-refractivity contribution >= 4 is 22.6 Å².